The minimum atomic E-state index is -0.349. The maximum Gasteiger partial charge on any atom is 0.276 e. The molecular weight excluding hydrogens is 419 g/mol. The van der Waals surface area contributed by atoms with Crippen LogP contribution in [0, 0.1) is 5.82 Å². The van der Waals surface area contributed by atoms with E-state index < -0.39 is 0 Å². The molecule has 0 unspecified atom stereocenters. The third-order valence-electron chi connectivity index (χ3n) is 4.08. The van der Waals surface area contributed by atoms with E-state index in [4.69, 9.17) is 16.0 Å². The predicted octanol–water partition coefficient (Wildman–Crippen LogP) is 6.50. The second kappa shape index (κ2) is 8.43. The van der Waals surface area contributed by atoms with Gasteiger partial charge in [0.1, 0.15) is 10.7 Å². The van der Waals surface area contributed by atoms with Crippen LogP contribution in [-0.4, -0.2) is 21.7 Å². The van der Waals surface area contributed by atoms with E-state index in [0.29, 0.717) is 40.3 Å². The van der Waals surface area contributed by atoms with Crippen molar-refractivity contribution < 1.29 is 13.6 Å². The van der Waals surface area contributed by atoms with Gasteiger partial charge in [0.2, 0.25) is 0 Å². The van der Waals surface area contributed by atoms with Gasteiger partial charge >= 0.3 is 0 Å². The van der Waals surface area contributed by atoms with Gasteiger partial charge in [0.25, 0.3) is 11.1 Å². The van der Waals surface area contributed by atoms with E-state index in [1.165, 1.54) is 47.4 Å². The Balaban J connectivity index is 1.34. The van der Waals surface area contributed by atoms with E-state index in [2.05, 4.69) is 10.2 Å². The highest BCUT2D eigenvalue weighted by Gasteiger charge is 2.17. The molecule has 2 heterocycles. The van der Waals surface area contributed by atoms with Crippen molar-refractivity contribution in [2.75, 3.05) is 5.75 Å². The standard InChI is InChI=1S/C20H14ClFN2O2S2/c21-17-14-4-1-2-6-16(14)28-18(17)19-23-24-20(26-19)27-11-3-5-15(25)12-7-9-13(22)10-8-12/h1-2,4,6-10H,3,5,11H2. The summed E-state index contributed by atoms with van der Waals surface area (Å²) in [5.41, 5.74) is 0.519. The van der Waals surface area contributed by atoms with Crippen molar-refractivity contribution in [1.29, 1.82) is 0 Å². The molecule has 142 valence electrons. The summed E-state index contributed by atoms with van der Waals surface area (Å²) in [7, 11) is 0. The Morgan fingerprint density at radius 2 is 1.93 bits per heavy atom. The fourth-order valence-electron chi connectivity index (χ4n) is 2.68. The fraction of sp³-hybridized carbons (Fsp3) is 0.150. The van der Waals surface area contributed by atoms with E-state index in [-0.39, 0.29) is 11.6 Å². The number of thioether (sulfide) groups is 1. The maximum atomic E-state index is 12.9. The monoisotopic (exact) mass is 432 g/mol. The Morgan fingerprint density at radius 3 is 2.71 bits per heavy atom. The number of fused-ring (bicyclic) bond motifs is 1. The summed E-state index contributed by atoms with van der Waals surface area (Å²) in [5, 5.41) is 10.2. The number of halogens is 2. The number of ketones is 1. The van der Waals surface area contributed by atoms with Crippen molar-refractivity contribution in [3.8, 4) is 10.8 Å². The van der Waals surface area contributed by atoms with E-state index in [1.54, 1.807) is 0 Å². The number of nitrogens with zero attached hydrogens (tertiary/aromatic N) is 2. The highest BCUT2D eigenvalue weighted by molar-refractivity contribution is 7.99. The third-order valence-corrected chi connectivity index (χ3v) is 6.64. The SMILES string of the molecule is O=C(CCCSc1nnc(-c2sc3ccccc3c2Cl)o1)c1ccc(F)cc1. The number of benzene rings is 2. The normalized spacial score (nSPS) is 11.2. The molecule has 0 amide bonds. The molecule has 0 bridgehead atoms. The van der Waals surface area contributed by atoms with Crippen LogP contribution < -0.4 is 0 Å². The Morgan fingerprint density at radius 1 is 1.14 bits per heavy atom. The first kappa shape index (κ1) is 19.1. The van der Waals surface area contributed by atoms with Crippen LogP contribution in [0.3, 0.4) is 0 Å². The topological polar surface area (TPSA) is 56.0 Å². The number of rotatable bonds is 7. The van der Waals surface area contributed by atoms with Crippen LogP contribution in [0.15, 0.2) is 58.2 Å². The molecule has 0 aliphatic carbocycles. The molecule has 0 spiro atoms. The highest BCUT2D eigenvalue weighted by atomic mass is 35.5. The van der Waals surface area contributed by atoms with Crippen LogP contribution in [0.5, 0.6) is 0 Å². The van der Waals surface area contributed by atoms with Gasteiger partial charge in [-0.1, -0.05) is 41.6 Å². The molecule has 2 aromatic heterocycles. The van der Waals surface area contributed by atoms with Crippen molar-refractivity contribution in [1.82, 2.24) is 10.2 Å². The smallest absolute Gasteiger partial charge is 0.276 e. The van der Waals surface area contributed by atoms with Crippen LogP contribution in [0.1, 0.15) is 23.2 Å². The number of aromatic nitrogens is 2. The van der Waals surface area contributed by atoms with Crippen molar-refractivity contribution in [2.45, 2.75) is 18.1 Å². The summed E-state index contributed by atoms with van der Waals surface area (Å²) < 4.78 is 19.7. The lowest BCUT2D eigenvalue weighted by Crippen LogP contribution is -1.99. The minimum Gasteiger partial charge on any atom is -0.410 e. The summed E-state index contributed by atoms with van der Waals surface area (Å²) in [6.07, 6.45) is 1.03. The zero-order valence-corrected chi connectivity index (χ0v) is 16.9. The molecular formula is C20H14ClFN2O2S2. The Bertz CT molecular complexity index is 1120. The largest absolute Gasteiger partial charge is 0.410 e. The molecule has 0 aliphatic rings. The van der Waals surface area contributed by atoms with Crippen LogP contribution in [0.25, 0.3) is 20.9 Å². The van der Waals surface area contributed by atoms with Gasteiger partial charge in [0.05, 0.1) is 5.02 Å². The number of Topliss-reactive ketones (excluding diaryl/α,β-unsaturated/α-hetero) is 1. The average molecular weight is 433 g/mol. The number of carbonyl (C=O) groups is 1. The van der Waals surface area contributed by atoms with Crippen molar-refractivity contribution in [2.24, 2.45) is 0 Å². The highest BCUT2D eigenvalue weighted by Crippen LogP contribution is 2.41. The summed E-state index contributed by atoms with van der Waals surface area (Å²) in [6, 6.07) is 13.4. The van der Waals surface area contributed by atoms with Crippen molar-refractivity contribution >= 4 is 50.6 Å². The molecule has 0 radical (unpaired) electrons. The van der Waals surface area contributed by atoms with Crippen LogP contribution in [0.2, 0.25) is 5.02 Å². The maximum absolute atomic E-state index is 12.9. The molecule has 4 nitrogen and oxygen atoms in total. The fourth-order valence-corrected chi connectivity index (χ4v) is 4.82. The van der Waals surface area contributed by atoms with Gasteiger partial charge in [0.15, 0.2) is 5.78 Å². The second-order valence-corrected chi connectivity index (χ2v) is 8.47. The minimum absolute atomic E-state index is 0.0103. The third kappa shape index (κ3) is 4.11. The molecule has 0 saturated heterocycles. The molecule has 0 atom stereocenters. The molecule has 8 heteroatoms. The summed E-state index contributed by atoms with van der Waals surface area (Å²) in [5.74, 6) is 0.701. The molecule has 0 aliphatic heterocycles. The number of hydrogen-bond donors (Lipinski definition) is 0. The lowest BCUT2D eigenvalue weighted by atomic mass is 10.1. The van der Waals surface area contributed by atoms with Gasteiger partial charge < -0.3 is 4.42 Å². The summed E-state index contributed by atoms with van der Waals surface area (Å²) >= 11 is 9.36. The lowest BCUT2D eigenvalue weighted by Gasteiger charge is -2.00. The number of carbonyl (C=O) groups excluding carboxylic acids is 1. The molecule has 0 fully saturated rings. The van der Waals surface area contributed by atoms with E-state index in [0.717, 1.165) is 15.0 Å². The zero-order valence-electron chi connectivity index (χ0n) is 14.5. The Hall–Kier alpha value is -2.22. The van der Waals surface area contributed by atoms with Gasteiger partial charge in [-0.05, 0) is 36.8 Å². The first-order valence-corrected chi connectivity index (χ1v) is 10.7. The molecule has 4 aromatic rings. The predicted molar refractivity (Wildman–Crippen MR) is 111 cm³/mol. The molecule has 4 rings (SSSR count). The van der Waals surface area contributed by atoms with E-state index in [9.17, 15) is 9.18 Å². The molecule has 2 aromatic carbocycles. The van der Waals surface area contributed by atoms with E-state index >= 15 is 0 Å². The zero-order chi connectivity index (χ0) is 19.5. The average Bonchev–Trinajstić information content (AvgIpc) is 3.30. The molecule has 0 saturated carbocycles. The first-order chi connectivity index (χ1) is 13.6. The Labute approximate surface area is 173 Å². The summed E-state index contributed by atoms with van der Waals surface area (Å²) in [4.78, 5) is 12.8. The first-order valence-electron chi connectivity index (χ1n) is 8.54. The van der Waals surface area contributed by atoms with Gasteiger partial charge in [-0.15, -0.1) is 21.5 Å². The van der Waals surface area contributed by atoms with Crippen LogP contribution >= 0.6 is 34.7 Å². The molecule has 0 N–H and O–H groups in total. The number of thiophene rings is 1. The summed E-state index contributed by atoms with van der Waals surface area (Å²) in [6.45, 7) is 0. The quantitative estimate of drug-likeness (QED) is 0.189. The van der Waals surface area contributed by atoms with E-state index in [1.807, 2.05) is 24.3 Å². The van der Waals surface area contributed by atoms with Crippen LogP contribution in [-0.2, 0) is 0 Å². The second-order valence-electron chi connectivity index (χ2n) is 6.00. The van der Waals surface area contributed by atoms with Gasteiger partial charge in [-0.3, -0.25) is 4.79 Å². The van der Waals surface area contributed by atoms with Crippen LogP contribution in [0.4, 0.5) is 4.39 Å². The van der Waals surface area contributed by atoms with Gasteiger partial charge in [-0.2, -0.15) is 0 Å². The lowest BCUT2D eigenvalue weighted by molar-refractivity contribution is 0.0982. The molecule has 28 heavy (non-hydrogen) atoms. The number of hydrogen-bond acceptors (Lipinski definition) is 6. The van der Waals surface area contributed by atoms with Crippen molar-refractivity contribution in [3.05, 3.63) is 64.9 Å². The van der Waals surface area contributed by atoms with Gasteiger partial charge in [0, 0.05) is 27.8 Å². The van der Waals surface area contributed by atoms with Crippen molar-refractivity contribution in [3.63, 3.8) is 0 Å². The Kier molecular flexibility index (Phi) is 5.75. The van der Waals surface area contributed by atoms with Gasteiger partial charge in [-0.25, -0.2) is 4.39 Å².